The molecule has 2 fully saturated rings. The van der Waals surface area contributed by atoms with Gasteiger partial charge in [-0.2, -0.15) is 11.8 Å². The van der Waals surface area contributed by atoms with Crippen LogP contribution in [0.3, 0.4) is 0 Å². The second-order valence-electron chi connectivity index (χ2n) is 6.19. The minimum Gasteiger partial charge on any atom is -0.481 e. The molecule has 0 aromatic carbocycles. The highest BCUT2D eigenvalue weighted by Crippen LogP contribution is 2.35. The first-order valence-electron chi connectivity index (χ1n) is 7.84. The highest BCUT2D eigenvalue weighted by Gasteiger charge is 2.41. The molecule has 1 heterocycles. The molecule has 2 aliphatic rings. The van der Waals surface area contributed by atoms with Crippen molar-refractivity contribution < 1.29 is 14.7 Å². The van der Waals surface area contributed by atoms with Crippen molar-refractivity contribution in [2.75, 3.05) is 19.3 Å². The molecule has 2 amide bonds. The Bertz CT molecular complexity index is 394. The molecule has 0 aromatic heterocycles. The average Bonchev–Trinajstić information content (AvgIpc) is 2.94. The fourth-order valence-electron chi connectivity index (χ4n) is 3.48. The number of piperidine rings is 1. The molecule has 0 bridgehead atoms. The Morgan fingerprint density at radius 2 is 2.00 bits per heavy atom. The van der Waals surface area contributed by atoms with Crippen molar-refractivity contribution in [3.05, 3.63) is 0 Å². The molecule has 2 N–H and O–H groups in total. The van der Waals surface area contributed by atoms with E-state index in [2.05, 4.69) is 11.6 Å². The molecular weight excluding hydrogens is 288 g/mol. The summed E-state index contributed by atoms with van der Waals surface area (Å²) in [4.78, 5) is 25.5. The lowest BCUT2D eigenvalue weighted by Crippen LogP contribution is -2.52. The van der Waals surface area contributed by atoms with Gasteiger partial charge in [0.05, 0.1) is 5.41 Å². The first kappa shape index (κ1) is 16.5. The normalized spacial score (nSPS) is 28.4. The second-order valence-corrected chi connectivity index (χ2v) is 7.26. The van der Waals surface area contributed by atoms with E-state index in [1.165, 1.54) is 12.8 Å². The molecule has 1 saturated heterocycles. The Kier molecular flexibility index (Phi) is 5.41. The van der Waals surface area contributed by atoms with Gasteiger partial charge in [0.2, 0.25) is 0 Å². The van der Waals surface area contributed by atoms with E-state index in [9.17, 15) is 14.7 Å². The van der Waals surface area contributed by atoms with E-state index < -0.39 is 11.4 Å². The van der Waals surface area contributed by atoms with E-state index in [0.717, 1.165) is 6.42 Å². The highest BCUT2D eigenvalue weighted by atomic mass is 32.2. The summed E-state index contributed by atoms with van der Waals surface area (Å²) in [6.45, 7) is 3.01. The van der Waals surface area contributed by atoms with Crippen LogP contribution >= 0.6 is 11.8 Å². The number of carbonyl (C=O) groups excluding carboxylic acids is 1. The second kappa shape index (κ2) is 6.90. The Balaban J connectivity index is 1.87. The van der Waals surface area contributed by atoms with Gasteiger partial charge in [0.1, 0.15) is 0 Å². The molecular formula is C15H26N2O3S. The molecule has 2 atom stereocenters. The van der Waals surface area contributed by atoms with Crippen LogP contribution in [0, 0.1) is 5.41 Å². The van der Waals surface area contributed by atoms with Gasteiger partial charge in [-0.05, 0) is 38.4 Å². The quantitative estimate of drug-likeness (QED) is 0.837. The third-order valence-corrected chi connectivity index (χ3v) is 6.37. The summed E-state index contributed by atoms with van der Waals surface area (Å²) in [6, 6.07) is 0.251. The number of thioether (sulfide) groups is 1. The van der Waals surface area contributed by atoms with Gasteiger partial charge in [-0.1, -0.05) is 13.3 Å². The predicted molar refractivity (Wildman–Crippen MR) is 84.6 cm³/mol. The molecule has 0 radical (unpaired) electrons. The van der Waals surface area contributed by atoms with Crippen LogP contribution in [0.2, 0.25) is 0 Å². The predicted octanol–water partition coefficient (Wildman–Crippen LogP) is 2.56. The van der Waals surface area contributed by atoms with Crippen molar-refractivity contribution in [3.63, 3.8) is 0 Å². The number of likely N-dealkylation sites (tertiary alicyclic amines) is 1. The molecule has 1 aliphatic carbocycles. The zero-order valence-corrected chi connectivity index (χ0v) is 13.7. The minimum absolute atomic E-state index is 0.0176. The molecule has 120 valence electrons. The summed E-state index contributed by atoms with van der Waals surface area (Å²) >= 11 is 1.83. The van der Waals surface area contributed by atoms with Crippen molar-refractivity contribution in [2.45, 2.75) is 56.7 Å². The number of nitrogens with zero attached hydrogens (tertiary/aromatic N) is 1. The molecule has 0 spiro atoms. The van der Waals surface area contributed by atoms with Crippen LogP contribution in [0.15, 0.2) is 0 Å². The molecule has 2 unspecified atom stereocenters. The lowest BCUT2D eigenvalue weighted by molar-refractivity contribution is -0.151. The van der Waals surface area contributed by atoms with Gasteiger partial charge in [-0.25, -0.2) is 4.79 Å². The summed E-state index contributed by atoms with van der Waals surface area (Å²) < 4.78 is 0. The Morgan fingerprint density at radius 3 is 2.52 bits per heavy atom. The van der Waals surface area contributed by atoms with Crippen LogP contribution in [-0.4, -0.2) is 52.6 Å². The molecule has 1 saturated carbocycles. The number of hydrogen-bond donors (Lipinski definition) is 2. The largest absolute Gasteiger partial charge is 0.481 e. The topological polar surface area (TPSA) is 69.6 Å². The van der Waals surface area contributed by atoms with E-state index in [1.54, 1.807) is 4.90 Å². The number of rotatable bonds is 4. The lowest BCUT2D eigenvalue weighted by atomic mass is 9.76. The number of aliphatic carboxylic acids is 1. The number of amides is 2. The Labute approximate surface area is 130 Å². The zero-order chi connectivity index (χ0) is 15.5. The van der Waals surface area contributed by atoms with Crippen LogP contribution in [-0.2, 0) is 4.79 Å². The molecule has 1 aliphatic heterocycles. The third-order valence-electron chi connectivity index (χ3n) is 5.20. The van der Waals surface area contributed by atoms with Gasteiger partial charge in [0, 0.05) is 24.4 Å². The molecule has 2 rings (SSSR count). The van der Waals surface area contributed by atoms with E-state index >= 15 is 0 Å². The first-order chi connectivity index (χ1) is 10.0. The van der Waals surface area contributed by atoms with Crippen molar-refractivity contribution >= 4 is 23.8 Å². The van der Waals surface area contributed by atoms with Crippen LogP contribution in [0.5, 0.6) is 0 Å². The maximum Gasteiger partial charge on any atom is 0.317 e. The maximum absolute atomic E-state index is 12.3. The number of carboxylic acid groups (broad SMARTS) is 1. The molecule has 21 heavy (non-hydrogen) atoms. The van der Waals surface area contributed by atoms with Crippen molar-refractivity contribution in [1.29, 1.82) is 0 Å². The van der Waals surface area contributed by atoms with Crippen LogP contribution in [0.1, 0.15) is 45.4 Å². The van der Waals surface area contributed by atoms with E-state index in [4.69, 9.17) is 0 Å². The highest BCUT2D eigenvalue weighted by molar-refractivity contribution is 7.99. The van der Waals surface area contributed by atoms with E-state index in [1.807, 2.05) is 18.7 Å². The minimum atomic E-state index is -0.719. The van der Waals surface area contributed by atoms with Crippen molar-refractivity contribution in [3.8, 4) is 0 Å². The number of hydrogen-bond acceptors (Lipinski definition) is 3. The first-order valence-corrected chi connectivity index (χ1v) is 9.13. The van der Waals surface area contributed by atoms with Crippen LogP contribution in [0.25, 0.3) is 0 Å². The molecule has 5 nitrogen and oxygen atoms in total. The van der Waals surface area contributed by atoms with Crippen LogP contribution < -0.4 is 5.32 Å². The number of carboxylic acids is 1. The summed E-state index contributed by atoms with van der Waals surface area (Å²) in [5, 5.41) is 13.1. The Hall–Kier alpha value is -0.910. The van der Waals surface area contributed by atoms with Gasteiger partial charge >= 0.3 is 12.0 Å². The average molecular weight is 314 g/mol. The van der Waals surface area contributed by atoms with E-state index in [-0.39, 0.29) is 12.1 Å². The van der Waals surface area contributed by atoms with Gasteiger partial charge in [-0.3, -0.25) is 4.79 Å². The summed E-state index contributed by atoms with van der Waals surface area (Å²) in [6.07, 6.45) is 7.25. The van der Waals surface area contributed by atoms with Crippen molar-refractivity contribution in [1.82, 2.24) is 10.2 Å². The number of nitrogens with one attached hydrogen (secondary N) is 1. The summed E-state index contributed by atoms with van der Waals surface area (Å²) in [5.74, 6) is -0.719. The molecule has 0 aromatic rings. The number of carbonyl (C=O) groups is 2. The van der Waals surface area contributed by atoms with Gasteiger partial charge in [-0.15, -0.1) is 0 Å². The van der Waals surface area contributed by atoms with Gasteiger partial charge in [0.15, 0.2) is 0 Å². The smallest absolute Gasteiger partial charge is 0.317 e. The zero-order valence-electron chi connectivity index (χ0n) is 12.9. The van der Waals surface area contributed by atoms with Crippen LogP contribution in [0.4, 0.5) is 4.79 Å². The fourth-order valence-corrected chi connectivity index (χ4v) is 4.41. The SMILES string of the molecule is CCC1(C(=O)O)CCN(C(=O)NC2CCCC2SC)CC1. The summed E-state index contributed by atoms with van der Waals surface area (Å²) in [7, 11) is 0. The Morgan fingerprint density at radius 1 is 1.33 bits per heavy atom. The third kappa shape index (κ3) is 3.47. The summed E-state index contributed by atoms with van der Waals surface area (Å²) in [5.41, 5.74) is -0.633. The fraction of sp³-hybridized carbons (Fsp3) is 0.867. The molecule has 6 heteroatoms. The monoisotopic (exact) mass is 314 g/mol. The standard InChI is InChI=1S/C15H26N2O3S/c1-3-15(13(18)19)7-9-17(10-8-15)14(20)16-11-5-4-6-12(11)21-2/h11-12H,3-10H2,1-2H3,(H,16,20)(H,18,19). The van der Waals surface area contributed by atoms with Gasteiger partial charge in [0.25, 0.3) is 0 Å². The van der Waals surface area contributed by atoms with Crippen molar-refractivity contribution in [2.24, 2.45) is 5.41 Å². The van der Waals surface area contributed by atoms with Gasteiger partial charge < -0.3 is 15.3 Å². The van der Waals surface area contributed by atoms with E-state index in [0.29, 0.717) is 37.6 Å². The number of urea groups is 1. The maximum atomic E-state index is 12.3. The lowest BCUT2D eigenvalue weighted by Gasteiger charge is -2.38.